The maximum absolute atomic E-state index is 12.0. The Labute approximate surface area is 128 Å². The fourth-order valence-corrected chi connectivity index (χ4v) is 1.48. The van der Waals surface area contributed by atoms with Crippen LogP contribution >= 0.6 is 0 Å². The Kier molecular flexibility index (Phi) is 7.88. The van der Waals surface area contributed by atoms with Gasteiger partial charge in [0.1, 0.15) is 5.75 Å². The number of carbonyl (C=O) groups excluding carboxylic acids is 1. The number of carbonyl (C=O) groups is 1. The quantitative estimate of drug-likeness (QED) is 0.563. The van der Waals surface area contributed by atoms with E-state index in [1.54, 1.807) is 12.1 Å². The van der Waals surface area contributed by atoms with Crippen molar-refractivity contribution in [3.63, 3.8) is 0 Å². The molecule has 0 aliphatic heterocycles. The summed E-state index contributed by atoms with van der Waals surface area (Å²) in [7, 11) is 0. The Balaban J connectivity index is 2.26. The largest absolute Gasteiger partial charge is 0.435 e. The van der Waals surface area contributed by atoms with Crippen LogP contribution in [0.25, 0.3) is 0 Å². The number of halogens is 2. The van der Waals surface area contributed by atoms with E-state index in [1.165, 1.54) is 18.3 Å². The Bertz CT molecular complexity index is 476. The van der Waals surface area contributed by atoms with Gasteiger partial charge in [-0.3, -0.25) is 4.79 Å². The summed E-state index contributed by atoms with van der Waals surface area (Å²) >= 11 is 0. The first-order chi connectivity index (χ1) is 10.5. The van der Waals surface area contributed by atoms with Crippen molar-refractivity contribution < 1.29 is 23.1 Å². The fraction of sp³-hybridized carbons (Fsp3) is 0.467. The number of nitrogens with zero attached hydrogens (tertiary/aromatic N) is 1. The predicted molar refractivity (Wildman–Crippen MR) is 79.1 cm³/mol. The molecule has 0 aliphatic carbocycles. The Morgan fingerprint density at radius 3 is 2.59 bits per heavy atom. The third kappa shape index (κ3) is 8.18. The normalized spacial score (nSPS) is 11.2. The van der Waals surface area contributed by atoms with Crippen LogP contribution in [-0.2, 0) is 9.63 Å². The van der Waals surface area contributed by atoms with E-state index >= 15 is 0 Å². The molecule has 1 aromatic rings. The number of benzene rings is 1. The molecule has 0 saturated carbocycles. The van der Waals surface area contributed by atoms with Gasteiger partial charge >= 0.3 is 6.61 Å². The lowest BCUT2D eigenvalue weighted by molar-refractivity contribution is -0.125. The monoisotopic (exact) mass is 314 g/mol. The zero-order valence-corrected chi connectivity index (χ0v) is 12.6. The summed E-state index contributed by atoms with van der Waals surface area (Å²) < 4.78 is 28.2. The number of rotatable bonds is 9. The molecule has 1 N–H and O–H groups in total. The topological polar surface area (TPSA) is 59.9 Å². The van der Waals surface area contributed by atoms with E-state index in [0.29, 0.717) is 18.0 Å². The molecule has 1 amide bonds. The van der Waals surface area contributed by atoms with Crippen molar-refractivity contribution in [2.24, 2.45) is 11.1 Å². The lowest BCUT2D eigenvalue weighted by Crippen LogP contribution is -2.28. The van der Waals surface area contributed by atoms with Gasteiger partial charge in [-0.1, -0.05) is 19.0 Å². The number of alkyl halides is 2. The smallest absolute Gasteiger partial charge is 0.387 e. The molecule has 0 saturated heterocycles. The summed E-state index contributed by atoms with van der Waals surface area (Å²) in [6, 6.07) is 5.89. The highest BCUT2D eigenvalue weighted by atomic mass is 19.3. The van der Waals surface area contributed by atoms with E-state index in [1.807, 2.05) is 0 Å². The summed E-state index contributed by atoms with van der Waals surface area (Å²) in [4.78, 5) is 16.2. The third-order valence-electron chi connectivity index (χ3n) is 2.62. The average Bonchev–Trinajstić information content (AvgIpc) is 2.44. The Morgan fingerprint density at radius 2 is 2.00 bits per heavy atom. The molecule has 22 heavy (non-hydrogen) atoms. The van der Waals surface area contributed by atoms with Gasteiger partial charge in [0.05, 0.1) is 6.21 Å². The fourth-order valence-electron chi connectivity index (χ4n) is 1.48. The molecule has 1 aromatic carbocycles. The van der Waals surface area contributed by atoms with Crippen molar-refractivity contribution in [3.8, 4) is 5.75 Å². The zero-order chi connectivity index (χ0) is 16.4. The molecule has 5 nitrogen and oxygen atoms in total. The first kappa shape index (κ1) is 17.9. The summed E-state index contributed by atoms with van der Waals surface area (Å²) in [5.41, 5.74) is 0.641. The molecule has 7 heteroatoms. The van der Waals surface area contributed by atoms with Gasteiger partial charge < -0.3 is 14.9 Å². The van der Waals surface area contributed by atoms with Gasteiger partial charge in [0.2, 0.25) is 0 Å². The van der Waals surface area contributed by atoms with Crippen molar-refractivity contribution >= 4 is 12.1 Å². The Hall–Kier alpha value is -2.18. The maximum Gasteiger partial charge on any atom is 0.387 e. The predicted octanol–water partition coefficient (Wildman–Crippen LogP) is 2.80. The van der Waals surface area contributed by atoms with Gasteiger partial charge in [0.15, 0.2) is 6.61 Å². The summed E-state index contributed by atoms with van der Waals surface area (Å²) in [6.07, 6.45) is 2.29. The van der Waals surface area contributed by atoms with Gasteiger partial charge in [0, 0.05) is 6.54 Å². The Morgan fingerprint density at radius 1 is 1.32 bits per heavy atom. The van der Waals surface area contributed by atoms with Crippen LogP contribution in [0.1, 0.15) is 25.8 Å². The van der Waals surface area contributed by atoms with Crippen molar-refractivity contribution in [2.75, 3.05) is 13.2 Å². The van der Waals surface area contributed by atoms with E-state index < -0.39 is 6.61 Å². The highest BCUT2D eigenvalue weighted by Crippen LogP contribution is 2.13. The van der Waals surface area contributed by atoms with Crippen molar-refractivity contribution in [3.05, 3.63) is 29.8 Å². The second kappa shape index (κ2) is 9.70. The lowest BCUT2D eigenvalue weighted by Gasteiger charge is -2.06. The van der Waals surface area contributed by atoms with Gasteiger partial charge in [0.25, 0.3) is 5.91 Å². The SMILES string of the molecule is CC(C)CCNC(=O)CON=Cc1ccc(OC(F)F)cc1. The van der Waals surface area contributed by atoms with Crippen LogP contribution in [0.3, 0.4) is 0 Å². The van der Waals surface area contributed by atoms with Gasteiger partial charge in [-0.15, -0.1) is 0 Å². The van der Waals surface area contributed by atoms with Crippen molar-refractivity contribution in [1.29, 1.82) is 0 Å². The van der Waals surface area contributed by atoms with Crippen molar-refractivity contribution in [2.45, 2.75) is 26.9 Å². The molecule has 0 bridgehead atoms. The molecular weight excluding hydrogens is 294 g/mol. The molecule has 0 aliphatic rings. The minimum Gasteiger partial charge on any atom is -0.435 e. The number of oxime groups is 1. The van der Waals surface area contributed by atoms with Crippen LogP contribution in [-0.4, -0.2) is 31.9 Å². The summed E-state index contributed by atoms with van der Waals surface area (Å²) in [5, 5.41) is 6.35. The standard InChI is InChI=1S/C15H20F2N2O3/c1-11(2)7-8-18-14(20)10-21-19-9-12-3-5-13(6-4-12)22-15(16)17/h3-6,9,11,15H,7-8,10H2,1-2H3,(H,18,20). The molecular formula is C15H20F2N2O3. The van der Waals surface area contributed by atoms with Crippen LogP contribution in [0, 0.1) is 5.92 Å². The van der Waals surface area contributed by atoms with E-state index in [9.17, 15) is 13.6 Å². The lowest BCUT2D eigenvalue weighted by atomic mass is 10.1. The molecule has 0 radical (unpaired) electrons. The number of hydrogen-bond donors (Lipinski definition) is 1. The van der Waals surface area contributed by atoms with Gasteiger partial charge in [-0.05, 0) is 42.2 Å². The van der Waals surface area contributed by atoms with Crippen LogP contribution in [0.4, 0.5) is 8.78 Å². The molecule has 0 aromatic heterocycles. The zero-order valence-electron chi connectivity index (χ0n) is 12.6. The number of hydrogen-bond acceptors (Lipinski definition) is 4. The minimum absolute atomic E-state index is 0.0672. The number of nitrogens with one attached hydrogen (secondary N) is 1. The second-order valence-corrected chi connectivity index (χ2v) is 4.99. The molecule has 0 heterocycles. The first-order valence-corrected chi connectivity index (χ1v) is 6.94. The average molecular weight is 314 g/mol. The number of ether oxygens (including phenoxy) is 1. The third-order valence-corrected chi connectivity index (χ3v) is 2.62. The molecule has 0 unspecified atom stereocenters. The highest BCUT2D eigenvalue weighted by molar-refractivity contribution is 5.80. The molecule has 0 fully saturated rings. The van der Waals surface area contributed by atoms with Gasteiger partial charge in [-0.2, -0.15) is 8.78 Å². The van der Waals surface area contributed by atoms with E-state index in [0.717, 1.165) is 6.42 Å². The highest BCUT2D eigenvalue weighted by Gasteiger charge is 2.03. The second-order valence-electron chi connectivity index (χ2n) is 4.99. The molecule has 0 atom stereocenters. The molecule has 0 spiro atoms. The van der Waals surface area contributed by atoms with E-state index in [4.69, 9.17) is 4.84 Å². The van der Waals surface area contributed by atoms with E-state index in [-0.39, 0.29) is 18.3 Å². The number of amides is 1. The summed E-state index contributed by atoms with van der Waals surface area (Å²) in [5.74, 6) is 0.354. The minimum atomic E-state index is -2.85. The van der Waals surface area contributed by atoms with Crippen LogP contribution in [0.5, 0.6) is 5.75 Å². The van der Waals surface area contributed by atoms with Crippen LogP contribution < -0.4 is 10.1 Å². The maximum atomic E-state index is 12.0. The van der Waals surface area contributed by atoms with Gasteiger partial charge in [-0.25, -0.2) is 0 Å². The molecule has 122 valence electrons. The van der Waals surface area contributed by atoms with Crippen molar-refractivity contribution in [1.82, 2.24) is 5.32 Å². The summed E-state index contributed by atoms with van der Waals surface area (Å²) in [6.45, 7) is 1.74. The van der Waals surface area contributed by atoms with Crippen LogP contribution in [0.15, 0.2) is 29.4 Å². The van der Waals surface area contributed by atoms with E-state index in [2.05, 4.69) is 29.1 Å². The van der Waals surface area contributed by atoms with Crippen LogP contribution in [0.2, 0.25) is 0 Å². The first-order valence-electron chi connectivity index (χ1n) is 6.94. The molecule has 1 rings (SSSR count).